The summed E-state index contributed by atoms with van der Waals surface area (Å²) in [5, 5.41) is 10.5. The Kier molecular flexibility index (Phi) is 11.0. The third-order valence-corrected chi connectivity index (χ3v) is 3.74. The van der Waals surface area contributed by atoms with Gasteiger partial charge >= 0.3 is 12.0 Å². The smallest absolute Gasteiger partial charge is 0.319 e. The molecule has 1 aromatic rings. The second-order valence-electron chi connectivity index (χ2n) is 7.56. The van der Waals surface area contributed by atoms with E-state index in [1.807, 2.05) is 20.8 Å². The van der Waals surface area contributed by atoms with Gasteiger partial charge in [-0.25, -0.2) is 4.79 Å². The van der Waals surface area contributed by atoms with Crippen molar-refractivity contribution in [2.24, 2.45) is 0 Å². The molecule has 0 aliphatic rings. The fourth-order valence-corrected chi connectivity index (χ4v) is 2.52. The molecule has 0 heterocycles. The van der Waals surface area contributed by atoms with Crippen LogP contribution in [0.15, 0.2) is 24.3 Å². The average molecular weight is 437 g/mol. The Hall–Kier alpha value is -3.14. The number of benzene rings is 1. The Morgan fingerprint density at radius 3 is 2.52 bits per heavy atom. The highest BCUT2D eigenvalue weighted by Crippen LogP contribution is 2.12. The lowest BCUT2D eigenvalue weighted by atomic mass is 10.2. The molecule has 0 radical (unpaired) electrons. The van der Waals surface area contributed by atoms with Crippen LogP contribution >= 0.6 is 0 Å². The Balaban J connectivity index is 2.48. The van der Waals surface area contributed by atoms with Gasteiger partial charge in [-0.3, -0.25) is 14.4 Å². The quantitative estimate of drug-likeness (QED) is 0.224. The van der Waals surface area contributed by atoms with Crippen molar-refractivity contribution in [1.82, 2.24) is 16.0 Å². The second kappa shape index (κ2) is 13.2. The van der Waals surface area contributed by atoms with Crippen LogP contribution in [-0.4, -0.2) is 55.8 Å². The van der Waals surface area contributed by atoms with E-state index in [9.17, 15) is 19.2 Å². The van der Waals surface area contributed by atoms with Crippen LogP contribution in [0.4, 0.5) is 10.5 Å². The first-order chi connectivity index (χ1) is 14.6. The maximum atomic E-state index is 12.2. The number of esters is 1. The fraction of sp³-hybridized carbons (Fsp3) is 0.524. The Bertz CT molecular complexity index is 748. The van der Waals surface area contributed by atoms with Crippen LogP contribution in [0.1, 0.15) is 50.9 Å². The Morgan fingerprint density at radius 1 is 1.13 bits per heavy atom. The van der Waals surface area contributed by atoms with Crippen LogP contribution in [-0.2, 0) is 19.1 Å². The van der Waals surface area contributed by atoms with Gasteiger partial charge in [0.05, 0.1) is 18.6 Å². The van der Waals surface area contributed by atoms with Crippen LogP contribution in [0.3, 0.4) is 0 Å². The number of nitrogens with one attached hydrogen (secondary N) is 4. The molecular formula is C21H32N4O6. The predicted molar refractivity (Wildman–Crippen MR) is 115 cm³/mol. The van der Waals surface area contributed by atoms with Crippen molar-refractivity contribution in [3.63, 3.8) is 0 Å². The highest BCUT2D eigenvalue weighted by molar-refractivity contribution is 5.97. The normalized spacial score (nSPS) is 11.7. The van der Waals surface area contributed by atoms with E-state index in [0.29, 0.717) is 30.7 Å². The minimum Gasteiger partial charge on any atom is -0.466 e. The lowest BCUT2D eigenvalue weighted by Crippen LogP contribution is -2.40. The summed E-state index contributed by atoms with van der Waals surface area (Å²) < 4.78 is 10.5. The summed E-state index contributed by atoms with van der Waals surface area (Å²) in [6.45, 7) is 8.03. The number of carbonyl (C=O) groups is 4. The topological polar surface area (TPSA) is 135 Å². The maximum absolute atomic E-state index is 12.2. The van der Waals surface area contributed by atoms with Gasteiger partial charge in [0, 0.05) is 30.8 Å². The van der Waals surface area contributed by atoms with E-state index in [1.165, 1.54) is 6.07 Å². The lowest BCUT2D eigenvalue weighted by molar-refractivity contribution is -0.142. The highest BCUT2D eigenvalue weighted by atomic mass is 16.5. The predicted octanol–water partition coefficient (Wildman–Crippen LogP) is 1.77. The zero-order valence-corrected chi connectivity index (χ0v) is 18.4. The summed E-state index contributed by atoms with van der Waals surface area (Å²) in [6.07, 6.45) is 0.490. The van der Waals surface area contributed by atoms with Crippen LogP contribution in [0, 0.1) is 0 Å². The summed E-state index contributed by atoms with van der Waals surface area (Å²) in [6, 6.07) is 5.95. The average Bonchev–Trinajstić information content (AvgIpc) is 2.67. The van der Waals surface area contributed by atoms with Gasteiger partial charge in [-0.05, 0) is 45.9 Å². The molecule has 4 amide bonds. The zero-order valence-electron chi connectivity index (χ0n) is 18.4. The van der Waals surface area contributed by atoms with Crippen LogP contribution < -0.4 is 21.3 Å². The largest absolute Gasteiger partial charge is 0.466 e. The van der Waals surface area contributed by atoms with Gasteiger partial charge in [0.25, 0.3) is 5.91 Å². The van der Waals surface area contributed by atoms with Gasteiger partial charge in [0.15, 0.2) is 0 Å². The third kappa shape index (κ3) is 11.6. The fourth-order valence-electron chi connectivity index (χ4n) is 2.52. The van der Waals surface area contributed by atoms with Gasteiger partial charge in [-0.1, -0.05) is 6.07 Å². The molecule has 0 bridgehead atoms. The van der Waals surface area contributed by atoms with E-state index in [2.05, 4.69) is 21.3 Å². The van der Waals surface area contributed by atoms with E-state index in [1.54, 1.807) is 25.1 Å². The maximum Gasteiger partial charge on any atom is 0.319 e. The number of hydrogen-bond donors (Lipinski definition) is 4. The van der Waals surface area contributed by atoms with E-state index in [-0.39, 0.29) is 31.4 Å². The van der Waals surface area contributed by atoms with Gasteiger partial charge < -0.3 is 30.7 Å². The molecule has 10 nitrogen and oxygen atoms in total. The minimum atomic E-state index is -0.528. The summed E-state index contributed by atoms with van der Waals surface area (Å²) in [7, 11) is 0. The molecule has 4 N–H and O–H groups in total. The van der Waals surface area contributed by atoms with E-state index < -0.39 is 17.9 Å². The highest BCUT2D eigenvalue weighted by Gasteiger charge is 2.18. The van der Waals surface area contributed by atoms with Crippen molar-refractivity contribution < 1.29 is 28.7 Å². The molecule has 0 aliphatic carbocycles. The summed E-state index contributed by atoms with van der Waals surface area (Å²) >= 11 is 0. The molecule has 1 aromatic carbocycles. The number of anilines is 1. The molecule has 0 saturated heterocycles. The summed E-state index contributed by atoms with van der Waals surface area (Å²) in [4.78, 5) is 46.3. The monoisotopic (exact) mass is 436 g/mol. The molecule has 1 unspecified atom stereocenters. The van der Waals surface area contributed by atoms with Crippen LogP contribution in [0.5, 0.6) is 0 Å². The van der Waals surface area contributed by atoms with E-state index in [0.717, 1.165) is 0 Å². The van der Waals surface area contributed by atoms with Crippen molar-refractivity contribution >= 4 is 30.0 Å². The number of rotatable bonds is 12. The molecule has 0 aliphatic heterocycles. The van der Waals surface area contributed by atoms with Gasteiger partial charge in [-0.2, -0.15) is 0 Å². The molecule has 172 valence electrons. The molecule has 1 rings (SSSR count). The van der Waals surface area contributed by atoms with E-state index in [4.69, 9.17) is 9.47 Å². The molecular weight excluding hydrogens is 404 g/mol. The summed E-state index contributed by atoms with van der Waals surface area (Å²) in [5.74, 6) is -0.746. The minimum absolute atomic E-state index is 0.0822. The molecule has 0 saturated carbocycles. The number of hydrogen-bond acceptors (Lipinski definition) is 6. The standard InChI is InChI=1S/C21H32N4O6/c1-5-30-18(27)10-12-22-19(28)15-7-6-8-16(13-15)25-20(29)23-11-9-17(24-14-26)31-21(2,3)4/h6-8,13-14,17H,5,9-12H2,1-4H3,(H,22,28)(H,24,26)(H2,23,25,29). The van der Waals surface area contributed by atoms with Crippen LogP contribution in [0.25, 0.3) is 0 Å². The molecule has 0 aromatic heterocycles. The van der Waals surface area contributed by atoms with Crippen molar-refractivity contribution in [2.45, 2.75) is 52.4 Å². The van der Waals surface area contributed by atoms with Gasteiger partial charge in [0.1, 0.15) is 6.23 Å². The van der Waals surface area contributed by atoms with Crippen molar-refractivity contribution in [1.29, 1.82) is 0 Å². The summed E-state index contributed by atoms with van der Waals surface area (Å²) in [5.41, 5.74) is 0.333. The van der Waals surface area contributed by atoms with E-state index >= 15 is 0 Å². The first-order valence-electron chi connectivity index (χ1n) is 10.1. The number of amides is 4. The number of urea groups is 1. The molecule has 1 atom stereocenters. The van der Waals surface area contributed by atoms with Crippen molar-refractivity contribution in [3.05, 3.63) is 29.8 Å². The second-order valence-corrected chi connectivity index (χ2v) is 7.56. The van der Waals surface area contributed by atoms with Crippen molar-refractivity contribution in [3.8, 4) is 0 Å². The lowest BCUT2D eigenvalue weighted by Gasteiger charge is -2.27. The molecule has 0 spiro atoms. The van der Waals surface area contributed by atoms with Crippen LogP contribution in [0.2, 0.25) is 0 Å². The first kappa shape index (κ1) is 25.9. The zero-order chi connectivity index (χ0) is 23.3. The molecule has 31 heavy (non-hydrogen) atoms. The Labute approximate surface area is 182 Å². The Morgan fingerprint density at radius 2 is 1.87 bits per heavy atom. The number of carbonyl (C=O) groups excluding carboxylic acids is 4. The molecule has 10 heteroatoms. The third-order valence-electron chi connectivity index (χ3n) is 3.74. The number of ether oxygens (including phenoxy) is 2. The first-order valence-corrected chi connectivity index (χ1v) is 10.1. The van der Waals surface area contributed by atoms with Crippen molar-refractivity contribution in [2.75, 3.05) is 25.0 Å². The molecule has 0 fully saturated rings. The van der Waals surface area contributed by atoms with Gasteiger partial charge in [-0.15, -0.1) is 0 Å². The van der Waals surface area contributed by atoms with Gasteiger partial charge in [0.2, 0.25) is 6.41 Å². The SMILES string of the molecule is CCOC(=O)CCNC(=O)c1cccc(NC(=O)NCCC(NC=O)OC(C)(C)C)c1.